The van der Waals surface area contributed by atoms with E-state index < -0.39 is 24.5 Å². The van der Waals surface area contributed by atoms with Gasteiger partial charge in [0, 0.05) is 22.5 Å². The Morgan fingerprint density at radius 1 is 1.33 bits per heavy atom. The first-order valence-corrected chi connectivity index (χ1v) is 7.96. The number of carbonyl (C=O) groups excluding carboxylic acids is 3. The van der Waals surface area contributed by atoms with E-state index in [1.807, 2.05) is 24.3 Å². The van der Waals surface area contributed by atoms with Crippen molar-refractivity contribution in [2.75, 3.05) is 25.4 Å². The first kappa shape index (κ1) is 15.8. The summed E-state index contributed by atoms with van der Waals surface area (Å²) in [5, 5.41) is 2.51. The number of hydrogen-bond acceptors (Lipinski definition) is 5. The number of imide groups is 1. The summed E-state index contributed by atoms with van der Waals surface area (Å²) < 4.78 is 5.83. The van der Waals surface area contributed by atoms with Crippen LogP contribution < -0.4 is 5.32 Å². The molecule has 0 aromatic heterocycles. The van der Waals surface area contributed by atoms with Crippen molar-refractivity contribution in [2.24, 2.45) is 0 Å². The fraction of sp³-hybridized carbons (Fsp3) is 0.308. The highest BCUT2D eigenvalue weighted by molar-refractivity contribution is 9.10. The second-order valence-electron chi connectivity index (χ2n) is 4.18. The second kappa shape index (κ2) is 7.46. The van der Waals surface area contributed by atoms with Gasteiger partial charge in [0.1, 0.15) is 0 Å². The molecule has 0 bridgehead atoms. The van der Waals surface area contributed by atoms with Crippen LogP contribution in [0.25, 0.3) is 0 Å². The van der Waals surface area contributed by atoms with Gasteiger partial charge < -0.3 is 10.1 Å². The fourth-order valence-corrected chi connectivity index (χ4v) is 2.61. The molecule has 6 nitrogen and oxygen atoms in total. The molecule has 21 heavy (non-hydrogen) atoms. The van der Waals surface area contributed by atoms with Crippen LogP contribution in [0.2, 0.25) is 0 Å². The molecule has 1 saturated heterocycles. The molecule has 0 saturated carbocycles. The first-order valence-electron chi connectivity index (χ1n) is 6.18. The van der Waals surface area contributed by atoms with E-state index in [4.69, 9.17) is 4.74 Å². The van der Waals surface area contributed by atoms with Crippen LogP contribution >= 0.6 is 27.7 Å². The summed E-state index contributed by atoms with van der Waals surface area (Å²) in [7, 11) is 0. The standard InChI is InChI=1S/C13H13BrN2O4S/c14-9-1-3-10(4-2-9)21-8-12(18)20-7-11(17)16-6-5-15-13(16)19/h1-4H,5-8H2,(H,15,19). The third-order valence-electron chi connectivity index (χ3n) is 2.68. The quantitative estimate of drug-likeness (QED) is 0.627. The predicted molar refractivity (Wildman–Crippen MR) is 80.9 cm³/mol. The Morgan fingerprint density at radius 2 is 2.05 bits per heavy atom. The van der Waals surface area contributed by atoms with Crippen LogP contribution in [0.5, 0.6) is 0 Å². The molecule has 1 aliphatic rings. The van der Waals surface area contributed by atoms with Crippen molar-refractivity contribution < 1.29 is 19.1 Å². The van der Waals surface area contributed by atoms with E-state index in [1.165, 1.54) is 11.8 Å². The Balaban J connectivity index is 1.71. The average molecular weight is 373 g/mol. The van der Waals surface area contributed by atoms with Gasteiger partial charge in [-0.3, -0.25) is 14.5 Å². The number of urea groups is 1. The third kappa shape index (κ3) is 4.75. The van der Waals surface area contributed by atoms with Crippen molar-refractivity contribution >= 4 is 45.6 Å². The molecule has 8 heteroatoms. The minimum Gasteiger partial charge on any atom is -0.455 e. The molecule has 112 valence electrons. The monoisotopic (exact) mass is 372 g/mol. The zero-order valence-electron chi connectivity index (χ0n) is 11.0. The van der Waals surface area contributed by atoms with Gasteiger partial charge in [0.25, 0.3) is 5.91 Å². The van der Waals surface area contributed by atoms with Gasteiger partial charge in [0.2, 0.25) is 0 Å². The lowest BCUT2D eigenvalue weighted by Gasteiger charge is -2.12. The molecule has 1 aromatic carbocycles. The Morgan fingerprint density at radius 3 is 2.67 bits per heavy atom. The zero-order chi connectivity index (χ0) is 15.2. The number of halogens is 1. The lowest BCUT2D eigenvalue weighted by atomic mass is 10.4. The minimum absolute atomic E-state index is 0.112. The van der Waals surface area contributed by atoms with Gasteiger partial charge in [-0.15, -0.1) is 11.8 Å². The van der Waals surface area contributed by atoms with Gasteiger partial charge in [-0.25, -0.2) is 4.79 Å². The molecule has 3 amide bonds. The highest BCUT2D eigenvalue weighted by Gasteiger charge is 2.26. The van der Waals surface area contributed by atoms with Crippen molar-refractivity contribution in [2.45, 2.75) is 4.90 Å². The van der Waals surface area contributed by atoms with Gasteiger partial charge >= 0.3 is 12.0 Å². The number of nitrogens with zero attached hydrogens (tertiary/aromatic N) is 1. The lowest BCUT2D eigenvalue weighted by Crippen LogP contribution is -2.37. The van der Waals surface area contributed by atoms with Gasteiger partial charge in [0.15, 0.2) is 6.61 Å². The maximum Gasteiger partial charge on any atom is 0.324 e. The van der Waals surface area contributed by atoms with E-state index in [0.717, 1.165) is 14.3 Å². The number of thioether (sulfide) groups is 1. The number of hydrogen-bond donors (Lipinski definition) is 1. The van der Waals surface area contributed by atoms with Crippen molar-refractivity contribution in [1.82, 2.24) is 10.2 Å². The molecule has 1 fully saturated rings. The summed E-state index contributed by atoms with van der Waals surface area (Å²) in [5.74, 6) is -0.885. The summed E-state index contributed by atoms with van der Waals surface area (Å²) in [6, 6.07) is 7.07. The number of amides is 3. The number of benzene rings is 1. The molecule has 0 atom stereocenters. The zero-order valence-corrected chi connectivity index (χ0v) is 13.4. The molecular formula is C13H13BrN2O4S. The molecule has 1 aromatic rings. The molecule has 1 aliphatic heterocycles. The average Bonchev–Trinajstić information content (AvgIpc) is 2.90. The Hall–Kier alpha value is -1.54. The number of esters is 1. The van der Waals surface area contributed by atoms with E-state index in [9.17, 15) is 14.4 Å². The molecule has 0 aliphatic carbocycles. The van der Waals surface area contributed by atoms with E-state index in [0.29, 0.717) is 13.1 Å². The summed E-state index contributed by atoms with van der Waals surface area (Å²) in [4.78, 5) is 36.4. The first-order chi connectivity index (χ1) is 10.1. The van der Waals surface area contributed by atoms with Crippen LogP contribution in [0.1, 0.15) is 0 Å². The van der Waals surface area contributed by atoms with Crippen LogP contribution in [0.4, 0.5) is 4.79 Å². The number of carbonyl (C=O) groups is 3. The molecule has 0 unspecified atom stereocenters. The lowest BCUT2D eigenvalue weighted by molar-refractivity contribution is -0.148. The molecule has 2 rings (SSSR count). The fourth-order valence-electron chi connectivity index (χ4n) is 1.64. The molecule has 1 N–H and O–H groups in total. The summed E-state index contributed by atoms with van der Waals surface area (Å²) in [6.45, 7) is 0.327. The maximum atomic E-state index is 11.6. The van der Waals surface area contributed by atoms with Gasteiger partial charge in [-0.1, -0.05) is 15.9 Å². The predicted octanol–water partition coefficient (Wildman–Crippen LogP) is 1.64. The van der Waals surface area contributed by atoms with Crippen LogP contribution in [0.15, 0.2) is 33.6 Å². The summed E-state index contributed by atoms with van der Waals surface area (Å²) in [6.07, 6.45) is 0. The molecule has 1 heterocycles. The van der Waals surface area contributed by atoms with E-state index in [2.05, 4.69) is 21.2 Å². The second-order valence-corrected chi connectivity index (χ2v) is 6.15. The minimum atomic E-state index is -0.507. The topological polar surface area (TPSA) is 75.7 Å². The van der Waals surface area contributed by atoms with Gasteiger partial charge in [-0.2, -0.15) is 0 Å². The van der Waals surface area contributed by atoms with Gasteiger partial charge in [-0.05, 0) is 24.3 Å². The van der Waals surface area contributed by atoms with Crippen molar-refractivity contribution in [3.05, 3.63) is 28.7 Å². The van der Waals surface area contributed by atoms with Gasteiger partial charge in [0.05, 0.1) is 5.75 Å². The number of ether oxygens (including phenoxy) is 1. The highest BCUT2D eigenvalue weighted by atomic mass is 79.9. The molecular weight excluding hydrogens is 360 g/mol. The van der Waals surface area contributed by atoms with Crippen molar-refractivity contribution in [1.29, 1.82) is 0 Å². The van der Waals surface area contributed by atoms with Crippen LogP contribution in [-0.2, 0) is 14.3 Å². The Kier molecular flexibility index (Phi) is 5.63. The summed E-state index contributed by atoms with van der Waals surface area (Å²) >= 11 is 4.65. The van der Waals surface area contributed by atoms with Crippen molar-refractivity contribution in [3.63, 3.8) is 0 Å². The van der Waals surface area contributed by atoms with Crippen molar-refractivity contribution in [3.8, 4) is 0 Å². The number of nitrogens with one attached hydrogen (secondary N) is 1. The van der Waals surface area contributed by atoms with E-state index in [1.54, 1.807) is 0 Å². The van der Waals surface area contributed by atoms with E-state index in [-0.39, 0.29) is 5.75 Å². The summed E-state index contributed by atoms with van der Waals surface area (Å²) in [5.41, 5.74) is 0. The molecule has 0 radical (unpaired) electrons. The molecule has 0 spiro atoms. The Labute approximate surface area is 134 Å². The SMILES string of the molecule is O=C(CSc1ccc(Br)cc1)OCC(=O)N1CCNC1=O. The van der Waals surface area contributed by atoms with Crippen LogP contribution in [-0.4, -0.2) is 48.3 Å². The smallest absolute Gasteiger partial charge is 0.324 e. The Bertz CT molecular complexity index is 550. The van der Waals surface area contributed by atoms with Crippen LogP contribution in [0, 0.1) is 0 Å². The number of rotatable bonds is 5. The largest absolute Gasteiger partial charge is 0.455 e. The van der Waals surface area contributed by atoms with Crippen LogP contribution in [0.3, 0.4) is 0 Å². The highest BCUT2D eigenvalue weighted by Crippen LogP contribution is 2.20. The van der Waals surface area contributed by atoms with E-state index >= 15 is 0 Å². The maximum absolute atomic E-state index is 11.6. The third-order valence-corrected chi connectivity index (χ3v) is 4.20. The normalized spacial score (nSPS) is 14.0.